The lowest BCUT2D eigenvalue weighted by Crippen LogP contribution is -2.26. The maximum Gasteiger partial charge on any atom is 0.248 e. The maximum absolute atomic E-state index is 12.9. The van der Waals surface area contributed by atoms with E-state index in [2.05, 4.69) is 0 Å². The average molecular weight is 273 g/mol. The van der Waals surface area contributed by atoms with Gasteiger partial charge in [-0.25, -0.2) is 8.78 Å². The maximum atomic E-state index is 12.9. The molecule has 1 saturated carbocycles. The van der Waals surface area contributed by atoms with Crippen LogP contribution in [0.5, 0.6) is 0 Å². The van der Waals surface area contributed by atoms with E-state index < -0.39 is 5.92 Å². The monoisotopic (exact) mass is 273 g/mol. The molecule has 0 spiro atoms. The molecule has 1 aliphatic rings. The fourth-order valence-corrected chi connectivity index (χ4v) is 2.63. The van der Waals surface area contributed by atoms with Crippen molar-refractivity contribution in [1.29, 1.82) is 0 Å². The molecule has 2 N–H and O–H groups in total. The largest absolute Gasteiger partial charge is 0.399 e. The van der Waals surface area contributed by atoms with Crippen LogP contribution in [0.2, 0.25) is 0 Å². The van der Waals surface area contributed by atoms with Gasteiger partial charge in [0.1, 0.15) is 0 Å². The molecule has 1 fully saturated rings. The van der Waals surface area contributed by atoms with E-state index in [4.69, 9.17) is 9.92 Å². The summed E-state index contributed by atoms with van der Waals surface area (Å²) in [6, 6.07) is 7.39. The third-order valence-corrected chi connectivity index (χ3v) is 3.89. The van der Waals surface area contributed by atoms with Gasteiger partial charge in [-0.05, 0) is 43.0 Å². The molecule has 5 heteroatoms. The first-order valence-electron chi connectivity index (χ1n) is 6.08. The molecule has 0 heterocycles. The van der Waals surface area contributed by atoms with Crippen LogP contribution in [0.1, 0.15) is 25.7 Å². The van der Waals surface area contributed by atoms with Gasteiger partial charge in [-0.2, -0.15) is 0 Å². The number of benzene rings is 1. The van der Waals surface area contributed by atoms with Gasteiger partial charge in [-0.3, -0.25) is 0 Å². The Morgan fingerprint density at radius 1 is 1.22 bits per heavy atom. The molecule has 100 valence electrons. The van der Waals surface area contributed by atoms with Crippen molar-refractivity contribution in [3.05, 3.63) is 24.3 Å². The van der Waals surface area contributed by atoms with Gasteiger partial charge in [0.2, 0.25) is 5.92 Å². The minimum atomic E-state index is -2.46. The summed E-state index contributed by atoms with van der Waals surface area (Å²) < 4.78 is 31.4. The van der Waals surface area contributed by atoms with Crippen LogP contribution < -0.4 is 5.73 Å². The van der Waals surface area contributed by atoms with Crippen molar-refractivity contribution in [2.45, 2.75) is 36.5 Å². The molecule has 0 radical (unpaired) electrons. The van der Waals surface area contributed by atoms with Gasteiger partial charge in [-0.1, -0.05) is 0 Å². The zero-order chi connectivity index (χ0) is 13.0. The second-order valence-corrected chi connectivity index (χ2v) is 5.61. The molecule has 0 aliphatic heterocycles. The summed E-state index contributed by atoms with van der Waals surface area (Å²) >= 11 is 1.28. The standard InChI is InChI=1S/C13H17F2NOS/c14-13(15)7-5-10(6-8-13)9-17-18-12-3-1-11(16)2-4-12/h1-4,10H,5-9,16H2. The highest BCUT2D eigenvalue weighted by molar-refractivity contribution is 7.94. The number of anilines is 1. The average Bonchev–Trinajstić information content (AvgIpc) is 2.34. The number of nitrogen functional groups attached to an aromatic ring is 1. The van der Waals surface area contributed by atoms with Gasteiger partial charge in [0.25, 0.3) is 0 Å². The van der Waals surface area contributed by atoms with E-state index in [1.54, 1.807) is 0 Å². The normalized spacial score (nSPS) is 19.9. The summed E-state index contributed by atoms with van der Waals surface area (Å²) in [6.45, 7) is 0.533. The number of nitrogens with two attached hydrogens (primary N) is 1. The molecule has 0 bridgehead atoms. The summed E-state index contributed by atoms with van der Waals surface area (Å²) in [4.78, 5) is 0.977. The van der Waals surface area contributed by atoms with Gasteiger partial charge in [0.05, 0.1) is 6.61 Å². The van der Waals surface area contributed by atoms with Crippen LogP contribution in [0.4, 0.5) is 14.5 Å². The van der Waals surface area contributed by atoms with Crippen LogP contribution in [0.25, 0.3) is 0 Å². The molecule has 0 amide bonds. The number of alkyl halides is 2. The van der Waals surface area contributed by atoms with E-state index in [9.17, 15) is 8.78 Å². The molecule has 18 heavy (non-hydrogen) atoms. The number of rotatable bonds is 4. The smallest absolute Gasteiger partial charge is 0.248 e. The van der Waals surface area contributed by atoms with E-state index >= 15 is 0 Å². The van der Waals surface area contributed by atoms with Gasteiger partial charge < -0.3 is 9.92 Å². The Bertz CT molecular complexity index is 373. The summed E-state index contributed by atoms with van der Waals surface area (Å²) in [7, 11) is 0. The first-order valence-corrected chi connectivity index (χ1v) is 6.82. The fourth-order valence-electron chi connectivity index (χ4n) is 1.99. The third-order valence-electron chi connectivity index (χ3n) is 3.18. The molecule has 0 atom stereocenters. The Hall–Kier alpha value is -0.810. The molecular formula is C13H17F2NOS. The van der Waals surface area contributed by atoms with Crippen molar-refractivity contribution in [3.8, 4) is 0 Å². The molecule has 1 aromatic carbocycles. The highest BCUT2D eigenvalue weighted by atomic mass is 32.2. The number of hydrogen-bond acceptors (Lipinski definition) is 3. The molecule has 0 unspecified atom stereocenters. The summed E-state index contributed by atoms with van der Waals surface area (Å²) in [6.07, 6.45) is 1.09. The van der Waals surface area contributed by atoms with Crippen LogP contribution in [0.3, 0.4) is 0 Å². The van der Waals surface area contributed by atoms with E-state index in [1.165, 1.54) is 12.0 Å². The molecule has 0 saturated heterocycles. The summed E-state index contributed by atoms with van der Waals surface area (Å²) in [5.74, 6) is -2.20. The second-order valence-electron chi connectivity index (χ2n) is 4.74. The molecule has 2 nitrogen and oxygen atoms in total. The zero-order valence-corrected chi connectivity index (χ0v) is 10.9. The van der Waals surface area contributed by atoms with Crippen LogP contribution in [0.15, 0.2) is 29.2 Å². The van der Waals surface area contributed by atoms with Crippen molar-refractivity contribution < 1.29 is 13.0 Å². The van der Waals surface area contributed by atoms with Gasteiger partial charge in [-0.15, -0.1) is 0 Å². The number of halogens is 2. The van der Waals surface area contributed by atoms with Crippen LogP contribution in [0, 0.1) is 5.92 Å². The first-order chi connectivity index (χ1) is 8.55. The van der Waals surface area contributed by atoms with Gasteiger partial charge in [0.15, 0.2) is 0 Å². The minimum Gasteiger partial charge on any atom is -0.399 e. The lowest BCUT2D eigenvalue weighted by molar-refractivity contribution is -0.0492. The minimum absolute atomic E-state index is 0.00639. The fraction of sp³-hybridized carbons (Fsp3) is 0.538. The lowest BCUT2D eigenvalue weighted by Gasteiger charge is -2.27. The Balaban J connectivity index is 1.68. The lowest BCUT2D eigenvalue weighted by atomic mass is 9.87. The Kier molecular flexibility index (Phi) is 4.45. The van der Waals surface area contributed by atoms with E-state index in [0.29, 0.717) is 25.1 Å². The summed E-state index contributed by atoms with van der Waals surface area (Å²) in [5.41, 5.74) is 6.29. The van der Waals surface area contributed by atoms with E-state index in [1.807, 2.05) is 24.3 Å². The molecule has 1 aliphatic carbocycles. The second kappa shape index (κ2) is 5.89. The van der Waals surface area contributed by atoms with Crippen molar-refractivity contribution in [3.63, 3.8) is 0 Å². The molecule has 0 aromatic heterocycles. The van der Waals surface area contributed by atoms with E-state index in [-0.39, 0.29) is 18.8 Å². The Morgan fingerprint density at radius 2 is 1.83 bits per heavy atom. The third kappa shape index (κ3) is 4.14. The highest BCUT2D eigenvalue weighted by Gasteiger charge is 2.34. The van der Waals surface area contributed by atoms with Gasteiger partial charge >= 0.3 is 0 Å². The van der Waals surface area contributed by atoms with Crippen molar-refractivity contribution in [2.24, 2.45) is 5.92 Å². The van der Waals surface area contributed by atoms with Crippen LogP contribution >= 0.6 is 12.0 Å². The van der Waals surface area contributed by atoms with Crippen molar-refractivity contribution in [2.75, 3.05) is 12.3 Å². The van der Waals surface area contributed by atoms with Crippen LogP contribution in [-0.2, 0) is 4.18 Å². The van der Waals surface area contributed by atoms with Crippen molar-refractivity contribution >= 4 is 17.7 Å². The van der Waals surface area contributed by atoms with Crippen molar-refractivity contribution in [1.82, 2.24) is 0 Å². The SMILES string of the molecule is Nc1ccc(SOCC2CCC(F)(F)CC2)cc1. The zero-order valence-electron chi connectivity index (χ0n) is 10.1. The predicted molar refractivity (Wildman–Crippen MR) is 69.6 cm³/mol. The predicted octanol–water partition coefficient (Wildman–Crippen LogP) is 4.12. The van der Waals surface area contributed by atoms with E-state index in [0.717, 1.165) is 4.90 Å². The topological polar surface area (TPSA) is 35.2 Å². The quantitative estimate of drug-likeness (QED) is 0.662. The number of hydrogen-bond donors (Lipinski definition) is 1. The van der Waals surface area contributed by atoms with Gasteiger partial charge in [0, 0.05) is 35.5 Å². The first kappa shape index (κ1) is 13.6. The molecule has 2 rings (SSSR count). The molecular weight excluding hydrogens is 256 g/mol. The highest BCUT2D eigenvalue weighted by Crippen LogP contribution is 2.36. The molecule has 1 aromatic rings. The summed E-state index contributed by atoms with van der Waals surface area (Å²) in [5, 5.41) is 0. The van der Waals surface area contributed by atoms with Crippen LogP contribution in [-0.4, -0.2) is 12.5 Å². The Labute approximate surface area is 110 Å². The Morgan fingerprint density at radius 3 is 2.44 bits per heavy atom.